The number of hydrogen-bond donors (Lipinski definition) is 5. The minimum Gasteiger partial charge on any atom is -0.510 e. The van der Waals surface area contributed by atoms with E-state index in [9.17, 15) is 34.5 Å². The Morgan fingerprint density at radius 1 is 1.05 bits per heavy atom. The zero-order chi connectivity index (χ0) is 29.0. The fraction of sp³-hybridized carbons (Fsp3) is 0.400. The van der Waals surface area contributed by atoms with Gasteiger partial charge in [-0.05, 0) is 31.4 Å². The van der Waals surface area contributed by atoms with Crippen LogP contribution < -0.4 is 10.6 Å². The zero-order valence-electron chi connectivity index (χ0n) is 22.6. The summed E-state index contributed by atoms with van der Waals surface area (Å²) in [7, 11) is 0. The van der Waals surface area contributed by atoms with Crippen molar-refractivity contribution in [2.45, 2.75) is 71.0 Å². The molecule has 0 heterocycles. The summed E-state index contributed by atoms with van der Waals surface area (Å²) in [6.07, 6.45) is 16.2. The molecule has 0 fully saturated rings. The van der Waals surface area contributed by atoms with Crippen molar-refractivity contribution in [1.82, 2.24) is 10.6 Å². The van der Waals surface area contributed by atoms with Crippen molar-refractivity contribution in [3.05, 3.63) is 83.5 Å². The number of Topliss-reactive ketones (excluding diaryl/α,β-unsaturated/α-hetero) is 2. The Balaban J connectivity index is 1.98. The van der Waals surface area contributed by atoms with E-state index in [-0.39, 0.29) is 42.2 Å². The summed E-state index contributed by atoms with van der Waals surface area (Å²) in [6, 6.07) is 0. The second-order valence-corrected chi connectivity index (χ2v) is 9.78. The number of rotatable bonds is 12. The summed E-state index contributed by atoms with van der Waals surface area (Å²) in [4.78, 5) is 48.2. The second kappa shape index (κ2) is 14.9. The van der Waals surface area contributed by atoms with Gasteiger partial charge in [-0.15, -0.1) is 0 Å². The molecule has 2 aliphatic carbocycles. The zero-order valence-corrected chi connectivity index (χ0v) is 22.6. The van der Waals surface area contributed by atoms with Crippen LogP contribution in [0.25, 0.3) is 0 Å². The minimum absolute atomic E-state index is 0.0923. The molecule has 9 heteroatoms. The summed E-state index contributed by atoms with van der Waals surface area (Å²) in [5.41, 5.74) is -1.18. The Labute approximate surface area is 229 Å². The lowest BCUT2D eigenvalue weighted by Crippen LogP contribution is -2.46. The average Bonchev–Trinajstić information content (AvgIpc) is 3.19. The lowest BCUT2D eigenvalue weighted by Gasteiger charge is -2.31. The monoisotopic (exact) mass is 538 g/mol. The standard InChI is InChI=1S/C30H38N2O7/c1-4-5-10-20(2)17-21(3)12-15-28(38)31-22-19-30(39,26(36)18-25(22)35)16-9-7-6-8-11-27(37)32-29-23(33)13-14-24(29)34/h6-9,11-12,15-17,19-20,26,33,36,39H,4-5,10,13-14,18H2,1-3H3,(H,31,38)(H,32,37). The molecule has 210 valence electrons. The van der Waals surface area contributed by atoms with Crippen LogP contribution in [0.4, 0.5) is 0 Å². The Hall–Kier alpha value is -3.82. The topological polar surface area (TPSA) is 153 Å². The van der Waals surface area contributed by atoms with Crippen LogP contribution in [0.5, 0.6) is 0 Å². The predicted octanol–water partition coefficient (Wildman–Crippen LogP) is 3.30. The molecule has 3 unspecified atom stereocenters. The number of aliphatic hydroxyl groups excluding tert-OH is 2. The predicted molar refractivity (Wildman–Crippen MR) is 148 cm³/mol. The van der Waals surface area contributed by atoms with Crippen LogP contribution in [-0.4, -0.2) is 50.4 Å². The second-order valence-electron chi connectivity index (χ2n) is 9.78. The van der Waals surface area contributed by atoms with E-state index in [0.717, 1.165) is 37.0 Å². The number of allylic oxidation sites excluding steroid dienone is 10. The Morgan fingerprint density at radius 2 is 1.74 bits per heavy atom. The lowest BCUT2D eigenvalue weighted by molar-refractivity contribution is -0.124. The molecule has 0 aromatic rings. The van der Waals surface area contributed by atoms with Crippen LogP contribution in [0, 0.1) is 5.92 Å². The Bertz CT molecular complexity index is 1170. The summed E-state index contributed by atoms with van der Waals surface area (Å²) in [6.45, 7) is 6.15. The Morgan fingerprint density at radius 3 is 2.41 bits per heavy atom. The van der Waals surface area contributed by atoms with Crippen molar-refractivity contribution < 1.29 is 34.5 Å². The first-order chi connectivity index (χ1) is 18.4. The van der Waals surface area contributed by atoms with Gasteiger partial charge in [0.1, 0.15) is 17.1 Å². The maximum absolute atomic E-state index is 12.4. The summed E-state index contributed by atoms with van der Waals surface area (Å²) in [5, 5.41) is 35.6. The normalized spacial score (nSPS) is 23.5. The largest absolute Gasteiger partial charge is 0.510 e. The lowest BCUT2D eigenvalue weighted by atomic mass is 9.85. The van der Waals surface area contributed by atoms with E-state index in [1.165, 1.54) is 36.5 Å². The summed E-state index contributed by atoms with van der Waals surface area (Å²) in [5.74, 6) is -1.71. The molecule has 2 aliphatic rings. The number of ketones is 2. The van der Waals surface area contributed by atoms with Crippen molar-refractivity contribution in [1.29, 1.82) is 0 Å². The van der Waals surface area contributed by atoms with Crippen molar-refractivity contribution in [2.24, 2.45) is 5.92 Å². The number of unbranched alkanes of at least 4 members (excludes halogenated alkanes) is 1. The SMILES string of the molecule is CCCCC(C)C=C(C)C=CC(=O)NC1=CC(O)(C=CC=CC=CC(=O)NC2=C(O)CCC2=O)C(O)CC1=O. The highest BCUT2D eigenvalue weighted by molar-refractivity contribution is 6.03. The maximum Gasteiger partial charge on any atom is 0.248 e. The van der Waals surface area contributed by atoms with Gasteiger partial charge in [0.15, 0.2) is 11.6 Å². The molecule has 0 saturated heterocycles. The van der Waals surface area contributed by atoms with E-state index < -0.39 is 29.3 Å². The van der Waals surface area contributed by atoms with Crippen molar-refractivity contribution in [2.75, 3.05) is 0 Å². The third-order valence-corrected chi connectivity index (χ3v) is 6.25. The molecule has 0 aromatic heterocycles. The first kappa shape index (κ1) is 31.4. The highest BCUT2D eigenvalue weighted by Gasteiger charge is 2.38. The van der Waals surface area contributed by atoms with Crippen LogP contribution in [-0.2, 0) is 19.2 Å². The van der Waals surface area contributed by atoms with Gasteiger partial charge in [-0.1, -0.05) is 68.7 Å². The van der Waals surface area contributed by atoms with Gasteiger partial charge in [-0.2, -0.15) is 0 Å². The van der Waals surface area contributed by atoms with Crippen LogP contribution >= 0.6 is 0 Å². The number of hydrogen-bond acceptors (Lipinski definition) is 7. The molecule has 3 atom stereocenters. The third kappa shape index (κ3) is 10.1. The van der Waals surface area contributed by atoms with E-state index in [1.54, 1.807) is 6.08 Å². The summed E-state index contributed by atoms with van der Waals surface area (Å²) >= 11 is 0. The Kier molecular flexibility index (Phi) is 12.0. The van der Waals surface area contributed by atoms with E-state index >= 15 is 0 Å². The molecule has 0 bridgehead atoms. The van der Waals surface area contributed by atoms with Crippen LogP contribution in [0.15, 0.2) is 83.5 Å². The van der Waals surface area contributed by atoms with Gasteiger partial charge < -0.3 is 26.0 Å². The molecule has 0 saturated carbocycles. The van der Waals surface area contributed by atoms with Gasteiger partial charge in [-0.25, -0.2) is 0 Å². The summed E-state index contributed by atoms with van der Waals surface area (Å²) < 4.78 is 0. The molecule has 0 aliphatic heterocycles. The highest BCUT2D eigenvalue weighted by atomic mass is 16.3. The number of carbonyl (C=O) groups excluding carboxylic acids is 4. The first-order valence-electron chi connectivity index (χ1n) is 13.1. The van der Waals surface area contributed by atoms with E-state index in [1.807, 2.05) is 6.92 Å². The molecular formula is C30H38N2O7. The number of carbonyl (C=O) groups is 4. The van der Waals surface area contributed by atoms with Crippen LogP contribution in [0.3, 0.4) is 0 Å². The van der Waals surface area contributed by atoms with E-state index in [0.29, 0.717) is 5.92 Å². The quantitative estimate of drug-likeness (QED) is 0.189. The molecule has 2 amide bonds. The third-order valence-electron chi connectivity index (χ3n) is 6.25. The molecule has 2 rings (SSSR count). The van der Waals surface area contributed by atoms with Gasteiger partial charge in [0.25, 0.3) is 0 Å². The minimum atomic E-state index is -1.90. The molecule has 39 heavy (non-hydrogen) atoms. The fourth-order valence-corrected chi connectivity index (χ4v) is 4.05. The van der Waals surface area contributed by atoms with E-state index in [2.05, 4.69) is 30.6 Å². The van der Waals surface area contributed by atoms with Crippen molar-refractivity contribution >= 4 is 23.4 Å². The molecule has 0 radical (unpaired) electrons. The van der Waals surface area contributed by atoms with Gasteiger partial charge in [-0.3, -0.25) is 19.2 Å². The van der Waals surface area contributed by atoms with E-state index in [4.69, 9.17) is 0 Å². The number of nitrogens with one attached hydrogen (secondary N) is 2. The van der Waals surface area contributed by atoms with Crippen LogP contribution in [0.2, 0.25) is 0 Å². The molecule has 9 nitrogen and oxygen atoms in total. The molecular weight excluding hydrogens is 500 g/mol. The van der Waals surface area contributed by atoms with Gasteiger partial charge in [0, 0.05) is 31.4 Å². The smallest absolute Gasteiger partial charge is 0.248 e. The maximum atomic E-state index is 12.4. The fourth-order valence-electron chi connectivity index (χ4n) is 4.05. The van der Waals surface area contributed by atoms with Gasteiger partial charge in [0.05, 0.1) is 11.8 Å². The number of amides is 2. The number of aliphatic hydroxyl groups is 3. The van der Waals surface area contributed by atoms with Crippen molar-refractivity contribution in [3.63, 3.8) is 0 Å². The van der Waals surface area contributed by atoms with Crippen LogP contribution in [0.1, 0.15) is 59.3 Å². The van der Waals surface area contributed by atoms with Crippen molar-refractivity contribution in [3.8, 4) is 0 Å². The van der Waals surface area contributed by atoms with Gasteiger partial charge >= 0.3 is 0 Å². The first-order valence-corrected chi connectivity index (χ1v) is 13.1. The molecule has 0 spiro atoms. The molecule has 0 aromatic carbocycles. The van der Waals surface area contributed by atoms with Gasteiger partial charge in [0.2, 0.25) is 11.8 Å². The highest BCUT2D eigenvalue weighted by Crippen LogP contribution is 2.26. The average molecular weight is 539 g/mol. The molecule has 5 N–H and O–H groups in total.